The lowest BCUT2D eigenvalue weighted by molar-refractivity contribution is 0.0757. The van der Waals surface area contributed by atoms with Crippen LogP contribution in [0.5, 0.6) is 0 Å². The van der Waals surface area contributed by atoms with Gasteiger partial charge in [0, 0.05) is 30.8 Å². The van der Waals surface area contributed by atoms with Gasteiger partial charge >= 0.3 is 0 Å². The maximum absolute atomic E-state index is 12.9. The van der Waals surface area contributed by atoms with Gasteiger partial charge in [-0.1, -0.05) is 30.3 Å². The maximum Gasteiger partial charge on any atom is 0.289 e. The van der Waals surface area contributed by atoms with Gasteiger partial charge in [-0.15, -0.1) is 0 Å². The van der Waals surface area contributed by atoms with Gasteiger partial charge in [-0.25, -0.2) is 4.98 Å². The van der Waals surface area contributed by atoms with E-state index in [0.29, 0.717) is 31.0 Å². The van der Waals surface area contributed by atoms with Crippen molar-refractivity contribution in [3.63, 3.8) is 0 Å². The minimum Gasteiger partial charge on any atom is -0.449 e. The molecule has 1 fully saturated rings. The molecular weight excluding hydrogens is 314 g/mol. The third-order valence-corrected chi connectivity index (χ3v) is 4.98. The molecule has 5 heteroatoms. The van der Waals surface area contributed by atoms with E-state index in [2.05, 4.69) is 17.1 Å². The molecule has 1 saturated heterocycles. The molecule has 4 rings (SSSR count). The molecule has 1 amide bonds. The molecule has 0 spiro atoms. The van der Waals surface area contributed by atoms with Crippen molar-refractivity contribution in [2.75, 3.05) is 19.6 Å². The average molecular weight is 335 g/mol. The lowest BCUT2D eigenvalue weighted by Gasteiger charge is -2.16. The highest BCUT2D eigenvalue weighted by atomic mass is 16.3. The zero-order chi connectivity index (χ0) is 17.4. The highest BCUT2D eigenvalue weighted by Gasteiger charge is 2.36. The molecule has 2 N–H and O–H groups in total. The first-order chi connectivity index (χ1) is 12.2. The van der Waals surface area contributed by atoms with Crippen LogP contribution in [0.1, 0.15) is 27.7 Å². The summed E-state index contributed by atoms with van der Waals surface area (Å²) in [6, 6.07) is 15.7. The summed E-state index contributed by atoms with van der Waals surface area (Å²) in [5, 5.41) is 0. The van der Waals surface area contributed by atoms with Gasteiger partial charge < -0.3 is 15.1 Å². The molecule has 2 atom stereocenters. The molecule has 25 heavy (non-hydrogen) atoms. The molecule has 0 bridgehead atoms. The second kappa shape index (κ2) is 6.33. The zero-order valence-corrected chi connectivity index (χ0v) is 14.2. The number of amides is 1. The van der Waals surface area contributed by atoms with E-state index in [1.165, 1.54) is 5.56 Å². The van der Waals surface area contributed by atoms with Crippen LogP contribution in [-0.4, -0.2) is 35.4 Å². The third kappa shape index (κ3) is 2.91. The van der Waals surface area contributed by atoms with Gasteiger partial charge in [0.1, 0.15) is 5.52 Å². The number of aryl methyl sites for hydroxylation is 1. The van der Waals surface area contributed by atoms with Crippen molar-refractivity contribution in [3.05, 3.63) is 65.5 Å². The summed E-state index contributed by atoms with van der Waals surface area (Å²) >= 11 is 0. The van der Waals surface area contributed by atoms with Gasteiger partial charge in [0.2, 0.25) is 0 Å². The predicted molar refractivity (Wildman–Crippen MR) is 96.4 cm³/mol. The van der Waals surface area contributed by atoms with Crippen molar-refractivity contribution in [2.24, 2.45) is 11.7 Å². The van der Waals surface area contributed by atoms with Gasteiger partial charge in [0.05, 0.1) is 0 Å². The van der Waals surface area contributed by atoms with E-state index in [1.54, 1.807) is 6.07 Å². The Hall–Kier alpha value is -2.66. The molecule has 5 nitrogen and oxygen atoms in total. The number of hydrogen-bond donors (Lipinski definition) is 1. The number of carbonyl (C=O) groups is 1. The van der Waals surface area contributed by atoms with Crippen LogP contribution >= 0.6 is 0 Å². The second-order valence-electron chi connectivity index (χ2n) is 6.67. The van der Waals surface area contributed by atoms with E-state index in [0.717, 1.165) is 11.2 Å². The SMILES string of the molecule is Cc1ccc2oc(C(=O)N3C[C@@H](CN)[C@H](c4ccccc4)C3)cc2n1. The Morgan fingerprint density at radius 2 is 2.04 bits per heavy atom. The van der Waals surface area contributed by atoms with Crippen LogP contribution in [0.3, 0.4) is 0 Å². The summed E-state index contributed by atoms with van der Waals surface area (Å²) in [6.45, 7) is 3.79. The molecule has 3 heterocycles. The van der Waals surface area contributed by atoms with Crippen LogP contribution in [0.4, 0.5) is 0 Å². The van der Waals surface area contributed by atoms with E-state index in [9.17, 15) is 4.79 Å². The Morgan fingerprint density at radius 1 is 1.24 bits per heavy atom. The number of rotatable bonds is 3. The zero-order valence-electron chi connectivity index (χ0n) is 14.2. The summed E-state index contributed by atoms with van der Waals surface area (Å²) in [6.07, 6.45) is 0. The number of furan rings is 1. The van der Waals surface area contributed by atoms with E-state index in [-0.39, 0.29) is 17.7 Å². The summed E-state index contributed by atoms with van der Waals surface area (Å²) in [7, 11) is 0. The number of nitrogens with zero attached hydrogens (tertiary/aromatic N) is 2. The number of fused-ring (bicyclic) bond motifs is 1. The lowest BCUT2D eigenvalue weighted by Crippen LogP contribution is -2.29. The number of carbonyl (C=O) groups excluding carboxylic acids is 1. The van der Waals surface area contributed by atoms with Crippen molar-refractivity contribution in [1.29, 1.82) is 0 Å². The fourth-order valence-corrected chi connectivity index (χ4v) is 3.64. The van der Waals surface area contributed by atoms with E-state index >= 15 is 0 Å². The van der Waals surface area contributed by atoms with Crippen LogP contribution in [0, 0.1) is 12.8 Å². The smallest absolute Gasteiger partial charge is 0.289 e. The van der Waals surface area contributed by atoms with Crippen molar-refractivity contribution in [1.82, 2.24) is 9.88 Å². The Bertz CT molecular complexity index is 904. The van der Waals surface area contributed by atoms with Gasteiger partial charge in [0.15, 0.2) is 11.3 Å². The normalized spacial score (nSPS) is 20.3. The summed E-state index contributed by atoms with van der Waals surface area (Å²) in [5.41, 5.74) is 9.47. The fourth-order valence-electron chi connectivity index (χ4n) is 3.64. The molecule has 1 aromatic carbocycles. The Labute approximate surface area is 146 Å². The van der Waals surface area contributed by atoms with E-state index in [1.807, 2.05) is 42.2 Å². The van der Waals surface area contributed by atoms with Crippen molar-refractivity contribution < 1.29 is 9.21 Å². The third-order valence-electron chi connectivity index (χ3n) is 4.98. The molecule has 0 unspecified atom stereocenters. The first kappa shape index (κ1) is 15.8. The first-order valence-electron chi connectivity index (χ1n) is 8.57. The standard InChI is InChI=1S/C20H21N3O2/c1-13-7-8-18-17(22-13)9-19(25-18)20(24)23-11-15(10-21)16(12-23)14-5-3-2-4-6-14/h2-9,15-16H,10-12,21H2,1H3/t15-,16+/m1/s1. The van der Waals surface area contributed by atoms with Crippen LogP contribution < -0.4 is 5.73 Å². The number of nitrogens with two attached hydrogens (primary N) is 1. The average Bonchev–Trinajstić information content (AvgIpc) is 3.25. The number of pyridine rings is 1. The molecule has 2 aromatic heterocycles. The number of likely N-dealkylation sites (tertiary alicyclic amines) is 1. The fraction of sp³-hybridized carbons (Fsp3) is 0.300. The minimum atomic E-state index is -0.0902. The van der Waals surface area contributed by atoms with Gasteiger partial charge in [-0.2, -0.15) is 0 Å². The number of hydrogen-bond acceptors (Lipinski definition) is 4. The number of benzene rings is 1. The lowest BCUT2D eigenvalue weighted by atomic mass is 9.89. The molecule has 1 aliphatic heterocycles. The monoisotopic (exact) mass is 335 g/mol. The summed E-state index contributed by atoms with van der Waals surface area (Å²) in [4.78, 5) is 19.2. The molecule has 1 aliphatic rings. The molecule has 0 aliphatic carbocycles. The molecule has 0 saturated carbocycles. The van der Waals surface area contributed by atoms with Crippen LogP contribution in [0.15, 0.2) is 52.9 Å². The molecule has 128 valence electrons. The highest BCUT2D eigenvalue weighted by Crippen LogP contribution is 2.33. The second-order valence-corrected chi connectivity index (χ2v) is 6.67. The van der Waals surface area contributed by atoms with E-state index < -0.39 is 0 Å². The largest absolute Gasteiger partial charge is 0.449 e. The van der Waals surface area contributed by atoms with Crippen LogP contribution in [0.2, 0.25) is 0 Å². The number of aromatic nitrogens is 1. The molecular formula is C20H21N3O2. The van der Waals surface area contributed by atoms with Crippen molar-refractivity contribution in [2.45, 2.75) is 12.8 Å². The molecule has 0 radical (unpaired) electrons. The minimum absolute atomic E-state index is 0.0902. The van der Waals surface area contributed by atoms with Gasteiger partial charge in [-0.3, -0.25) is 4.79 Å². The van der Waals surface area contributed by atoms with Gasteiger partial charge in [-0.05, 0) is 37.1 Å². The van der Waals surface area contributed by atoms with Crippen molar-refractivity contribution >= 4 is 17.0 Å². The molecule has 3 aromatic rings. The topological polar surface area (TPSA) is 72.4 Å². The van der Waals surface area contributed by atoms with Crippen LogP contribution in [-0.2, 0) is 0 Å². The van der Waals surface area contributed by atoms with E-state index in [4.69, 9.17) is 10.2 Å². The predicted octanol–water partition coefficient (Wildman–Crippen LogP) is 2.95. The van der Waals surface area contributed by atoms with Crippen LogP contribution in [0.25, 0.3) is 11.1 Å². The summed E-state index contributed by atoms with van der Waals surface area (Å²) in [5.74, 6) is 0.779. The Morgan fingerprint density at radius 3 is 2.80 bits per heavy atom. The quantitative estimate of drug-likeness (QED) is 0.799. The Kier molecular flexibility index (Phi) is 4.01. The summed E-state index contributed by atoms with van der Waals surface area (Å²) < 4.78 is 5.72. The Balaban J connectivity index is 1.59. The first-order valence-corrected chi connectivity index (χ1v) is 8.57. The highest BCUT2D eigenvalue weighted by molar-refractivity contribution is 5.95. The maximum atomic E-state index is 12.9. The van der Waals surface area contributed by atoms with Crippen molar-refractivity contribution in [3.8, 4) is 0 Å². The van der Waals surface area contributed by atoms with Gasteiger partial charge in [0.25, 0.3) is 5.91 Å².